The fourth-order valence-electron chi connectivity index (χ4n) is 3.34. The Bertz CT molecular complexity index is 1390. The lowest BCUT2D eigenvalue weighted by Crippen LogP contribution is -2.22. The highest BCUT2D eigenvalue weighted by Crippen LogP contribution is 2.30. The average molecular weight is 510 g/mol. The van der Waals surface area contributed by atoms with E-state index in [-0.39, 0.29) is 17.1 Å². The van der Waals surface area contributed by atoms with E-state index in [9.17, 15) is 9.18 Å². The maximum Gasteiger partial charge on any atom is 0.282 e. The van der Waals surface area contributed by atoms with Gasteiger partial charge in [-0.05, 0) is 42.8 Å². The van der Waals surface area contributed by atoms with E-state index in [0.29, 0.717) is 34.5 Å². The van der Waals surface area contributed by atoms with Gasteiger partial charge in [-0.2, -0.15) is 9.78 Å². The molecule has 0 aliphatic rings. The molecule has 0 fully saturated rings. The van der Waals surface area contributed by atoms with Gasteiger partial charge in [0.25, 0.3) is 5.56 Å². The van der Waals surface area contributed by atoms with E-state index in [0.717, 1.165) is 10.9 Å². The van der Waals surface area contributed by atoms with Crippen LogP contribution in [0.2, 0.25) is 0 Å². The number of hydrogen-bond donors (Lipinski definition) is 0. The predicted octanol–water partition coefficient (Wildman–Crippen LogP) is 5.93. The number of para-hydroxylation sites is 1. The molecule has 0 atom stereocenters. The van der Waals surface area contributed by atoms with Crippen LogP contribution in [0, 0.1) is 5.82 Å². The maximum atomic E-state index is 14.6. The van der Waals surface area contributed by atoms with Gasteiger partial charge in [0, 0.05) is 22.5 Å². The second-order valence-electron chi connectivity index (χ2n) is 7.24. The first-order valence-electron chi connectivity index (χ1n) is 10.4. The van der Waals surface area contributed by atoms with Crippen molar-refractivity contribution in [3.8, 4) is 17.2 Å². The molecule has 1 aromatic heterocycles. The minimum Gasteiger partial charge on any atom is -0.496 e. The molecule has 1 heterocycles. The summed E-state index contributed by atoms with van der Waals surface area (Å²) < 4.78 is 27.6. The van der Waals surface area contributed by atoms with Crippen molar-refractivity contribution in [2.45, 2.75) is 19.8 Å². The molecule has 8 heteroatoms. The lowest BCUT2D eigenvalue weighted by molar-refractivity contribution is 0.401. The molecule has 0 aliphatic heterocycles. The second-order valence-corrected chi connectivity index (χ2v) is 8.16. The molecule has 0 bridgehead atoms. The van der Waals surface area contributed by atoms with Crippen molar-refractivity contribution < 1.29 is 13.9 Å². The van der Waals surface area contributed by atoms with E-state index in [1.54, 1.807) is 36.4 Å². The molecule has 0 radical (unpaired) electrons. The molecule has 0 N–H and O–H groups in total. The van der Waals surface area contributed by atoms with Gasteiger partial charge in [0.2, 0.25) is 0 Å². The van der Waals surface area contributed by atoms with Gasteiger partial charge in [0.1, 0.15) is 17.3 Å². The third-order valence-electron chi connectivity index (χ3n) is 4.92. The Morgan fingerprint density at radius 2 is 1.91 bits per heavy atom. The fourth-order valence-corrected chi connectivity index (χ4v) is 3.70. The first-order chi connectivity index (χ1) is 16.0. The van der Waals surface area contributed by atoms with E-state index >= 15 is 0 Å². The van der Waals surface area contributed by atoms with Crippen LogP contribution in [0.5, 0.6) is 17.2 Å². The van der Waals surface area contributed by atoms with Crippen LogP contribution in [-0.2, 0) is 6.42 Å². The number of aromatic nitrogens is 2. The lowest BCUT2D eigenvalue weighted by Gasteiger charge is -2.12. The lowest BCUT2D eigenvalue weighted by atomic mass is 10.2. The van der Waals surface area contributed by atoms with Crippen molar-refractivity contribution in [3.63, 3.8) is 0 Å². The molecule has 0 unspecified atom stereocenters. The third kappa shape index (κ3) is 4.96. The molecule has 33 heavy (non-hydrogen) atoms. The Kier molecular flexibility index (Phi) is 6.84. The summed E-state index contributed by atoms with van der Waals surface area (Å²) in [5, 5.41) is 4.85. The summed E-state index contributed by atoms with van der Waals surface area (Å²) in [7, 11) is 1.44. The zero-order valence-corrected chi connectivity index (χ0v) is 19.7. The molecule has 0 saturated heterocycles. The standard InChI is InChI=1S/C25H21BrFN3O3/c1-3-7-24-29-21-11-10-17(26)13-19(21)25(31)30(24)28-15-16-12-23(20(27)14-22(16)32-2)33-18-8-5-4-6-9-18/h4-6,8-15H,3,7H2,1-2H3. The van der Waals surface area contributed by atoms with E-state index in [2.05, 4.69) is 26.0 Å². The normalized spacial score (nSPS) is 11.3. The molecule has 0 saturated carbocycles. The Labute approximate surface area is 198 Å². The van der Waals surface area contributed by atoms with Crippen molar-refractivity contribution in [3.05, 3.63) is 92.7 Å². The smallest absolute Gasteiger partial charge is 0.282 e. The monoisotopic (exact) mass is 509 g/mol. The Morgan fingerprint density at radius 3 is 2.64 bits per heavy atom. The minimum absolute atomic E-state index is 0.0187. The number of fused-ring (bicyclic) bond motifs is 1. The van der Waals surface area contributed by atoms with Crippen LogP contribution in [0.15, 0.2) is 75.0 Å². The van der Waals surface area contributed by atoms with Gasteiger partial charge in [0.15, 0.2) is 11.6 Å². The Hall–Kier alpha value is -3.52. The molecule has 6 nitrogen and oxygen atoms in total. The van der Waals surface area contributed by atoms with Gasteiger partial charge >= 0.3 is 0 Å². The summed E-state index contributed by atoms with van der Waals surface area (Å²) in [5.74, 6) is 0.739. The number of benzene rings is 3. The summed E-state index contributed by atoms with van der Waals surface area (Å²) in [5.41, 5.74) is 0.771. The van der Waals surface area contributed by atoms with Gasteiger partial charge in [-0.1, -0.05) is 41.1 Å². The van der Waals surface area contributed by atoms with Crippen LogP contribution in [0.25, 0.3) is 10.9 Å². The van der Waals surface area contributed by atoms with Crippen molar-refractivity contribution in [1.82, 2.24) is 9.66 Å². The number of methoxy groups -OCH3 is 1. The highest BCUT2D eigenvalue weighted by atomic mass is 79.9. The number of rotatable bonds is 7. The quantitative estimate of drug-likeness (QED) is 0.289. The highest BCUT2D eigenvalue weighted by Gasteiger charge is 2.14. The molecule has 0 aliphatic carbocycles. The van der Waals surface area contributed by atoms with Crippen LogP contribution in [0.3, 0.4) is 0 Å². The molecule has 0 spiro atoms. The molecule has 168 valence electrons. The fraction of sp³-hybridized carbons (Fsp3) is 0.160. The SMILES string of the molecule is CCCc1nc2ccc(Br)cc2c(=O)n1N=Cc1cc(Oc2ccccc2)c(F)cc1OC. The maximum absolute atomic E-state index is 14.6. The number of ether oxygens (including phenoxy) is 2. The first-order valence-corrected chi connectivity index (χ1v) is 11.2. The number of aryl methyl sites for hydroxylation is 1. The van der Waals surface area contributed by atoms with Crippen LogP contribution in [0.4, 0.5) is 4.39 Å². The van der Waals surface area contributed by atoms with E-state index in [1.807, 2.05) is 19.1 Å². The van der Waals surface area contributed by atoms with Gasteiger partial charge < -0.3 is 9.47 Å². The van der Waals surface area contributed by atoms with Gasteiger partial charge in [-0.25, -0.2) is 9.37 Å². The van der Waals surface area contributed by atoms with Crippen molar-refractivity contribution >= 4 is 33.0 Å². The zero-order valence-electron chi connectivity index (χ0n) is 18.1. The van der Waals surface area contributed by atoms with E-state index in [1.165, 1.54) is 30.1 Å². The summed E-state index contributed by atoms with van der Waals surface area (Å²) >= 11 is 3.40. The molecule has 0 amide bonds. The minimum atomic E-state index is -0.575. The zero-order chi connectivity index (χ0) is 23.4. The van der Waals surface area contributed by atoms with E-state index in [4.69, 9.17) is 9.47 Å². The largest absolute Gasteiger partial charge is 0.496 e. The van der Waals surface area contributed by atoms with Crippen LogP contribution in [0.1, 0.15) is 24.7 Å². The van der Waals surface area contributed by atoms with E-state index < -0.39 is 5.82 Å². The topological polar surface area (TPSA) is 65.7 Å². The summed E-state index contributed by atoms with van der Waals surface area (Å²) in [6, 6.07) is 17.0. The number of hydrogen-bond acceptors (Lipinski definition) is 5. The van der Waals surface area contributed by atoms with Crippen molar-refractivity contribution in [1.29, 1.82) is 0 Å². The summed E-state index contributed by atoms with van der Waals surface area (Å²) in [6.07, 6.45) is 2.81. The number of halogens is 2. The Morgan fingerprint density at radius 1 is 1.12 bits per heavy atom. The van der Waals surface area contributed by atoms with Gasteiger partial charge in [0.05, 0.1) is 24.2 Å². The molecule has 4 aromatic rings. The Balaban J connectivity index is 1.79. The average Bonchev–Trinajstić information content (AvgIpc) is 2.82. The van der Waals surface area contributed by atoms with Crippen LogP contribution < -0.4 is 15.0 Å². The van der Waals surface area contributed by atoms with Crippen LogP contribution >= 0.6 is 15.9 Å². The number of nitrogens with zero attached hydrogens (tertiary/aromatic N) is 3. The molecular formula is C25H21BrFN3O3. The van der Waals surface area contributed by atoms with Gasteiger partial charge in [-0.3, -0.25) is 4.79 Å². The van der Waals surface area contributed by atoms with Crippen molar-refractivity contribution in [2.75, 3.05) is 7.11 Å². The van der Waals surface area contributed by atoms with Crippen LogP contribution in [-0.4, -0.2) is 23.0 Å². The van der Waals surface area contributed by atoms with Gasteiger partial charge in [-0.15, -0.1) is 0 Å². The molecular weight excluding hydrogens is 489 g/mol. The third-order valence-corrected chi connectivity index (χ3v) is 5.41. The molecule has 4 rings (SSSR count). The molecule has 3 aromatic carbocycles. The predicted molar refractivity (Wildman–Crippen MR) is 130 cm³/mol. The second kappa shape index (κ2) is 9.95. The first kappa shape index (κ1) is 22.7. The summed E-state index contributed by atoms with van der Waals surface area (Å²) in [6.45, 7) is 2.00. The van der Waals surface area contributed by atoms with Crippen molar-refractivity contribution in [2.24, 2.45) is 5.10 Å². The highest BCUT2D eigenvalue weighted by molar-refractivity contribution is 9.10. The summed E-state index contributed by atoms with van der Waals surface area (Å²) in [4.78, 5) is 17.8.